The standard InChI is InChI=1S/C10H5Br2Cl3N2O/c1-4-10(11,12)9(18)17(16-4)8-6(14)2-5(13)3-7(8)15/h2-3H,1H3. The Labute approximate surface area is 135 Å². The molecule has 96 valence electrons. The minimum absolute atomic E-state index is 0.259. The molecule has 0 N–H and O–H groups in total. The van der Waals surface area contributed by atoms with E-state index in [9.17, 15) is 4.79 Å². The van der Waals surface area contributed by atoms with Gasteiger partial charge in [-0.2, -0.15) is 10.1 Å². The van der Waals surface area contributed by atoms with Crippen LogP contribution in [0.4, 0.5) is 5.69 Å². The quantitative estimate of drug-likeness (QED) is 0.581. The number of alkyl halides is 2. The van der Waals surface area contributed by atoms with Crippen LogP contribution in [0, 0.1) is 0 Å². The fourth-order valence-electron chi connectivity index (χ4n) is 1.43. The number of hydrogen-bond donors (Lipinski definition) is 0. The van der Waals surface area contributed by atoms with Gasteiger partial charge in [0.15, 0.2) is 3.23 Å². The highest BCUT2D eigenvalue weighted by Crippen LogP contribution is 2.43. The van der Waals surface area contributed by atoms with Gasteiger partial charge in [0.2, 0.25) is 0 Å². The summed E-state index contributed by atoms with van der Waals surface area (Å²) in [5.74, 6) is -0.328. The van der Waals surface area contributed by atoms with Crippen molar-refractivity contribution in [3.05, 3.63) is 27.2 Å². The molecular formula is C10H5Br2Cl3N2O. The lowest BCUT2D eigenvalue weighted by Gasteiger charge is -2.18. The van der Waals surface area contributed by atoms with Crippen molar-refractivity contribution in [1.29, 1.82) is 0 Å². The largest absolute Gasteiger partial charge is 0.281 e. The molecule has 2 rings (SSSR count). The Balaban J connectivity index is 2.56. The molecule has 1 aromatic carbocycles. The minimum Gasteiger partial charge on any atom is -0.269 e. The molecule has 0 fully saturated rings. The lowest BCUT2D eigenvalue weighted by molar-refractivity contribution is -0.116. The lowest BCUT2D eigenvalue weighted by Crippen LogP contribution is -2.34. The van der Waals surface area contributed by atoms with Crippen LogP contribution in [0.2, 0.25) is 15.1 Å². The number of benzene rings is 1. The lowest BCUT2D eigenvalue weighted by atomic mass is 10.2. The maximum Gasteiger partial charge on any atom is 0.281 e. The molecule has 0 saturated carbocycles. The summed E-state index contributed by atoms with van der Waals surface area (Å²) in [7, 11) is 0. The highest BCUT2D eigenvalue weighted by molar-refractivity contribution is 9.26. The molecule has 0 bridgehead atoms. The van der Waals surface area contributed by atoms with Gasteiger partial charge in [0.25, 0.3) is 5.91 Å². The molecule has 3 nitrogen and oxygen atoms in total. The zero-order valence-corrected chi connectivity index (χ0v) is 14.3. The van der Waals surface area contributed by atoms with Crippen LogP contribution >= 0.6 is 66.7 Å². The summed E-state index contributed by atoms with van der Waals surface area (Å²) < 4.78 is -1.02. The first kappa shape index (κ1) is 14.6. The molecule has 0 spiro atoms. The van der Waals surface area contributed by atoms with Crippen molar-refractivity contribution < 1.29 is 4.79 Å². The van der Waals surface area contributed by atoms with Gasteiger partial charge < -0.3 is 0 Å². The first-order valence-electron chi connectivity index (χ1n) is 4.67. The summed E-state index contributed by atoms with van der Waals surface area (Å²) in [6.45, 7) is 1.71. The number of rotatable bonds is 1. The maximum atomic E-state index is 12.2. The van der Waals surface area contributed by atoms with Gasteiger partial charge >= 0.3 is 0 Å². The molecule has 1 aliphatic rings. The molecule has 0 aliphatic carbocycles. The normalized spacial score (nSPS) is 18.2. The second-order valence-corrected chi connectivity index (χ2v) is 8.29. The van der Waals surface area contributed by atoms with Gasteiger partial charge in [-0.1, -0.05) is 66.7 Å². The topological polar surface area (TPSA) is 32.7 Å². The number of anilines is 1. The third-order valence-corrected chi connectivity index (χ3v) is 4.98. The summed E-state index contributed by atoms with van der Waals surface area (Å²) >= 11 is 24.5. The first-order valence-corrected chi connectivity index (χ1v) is 7.39. The molecule has 18 heavy (non-hydrogen) atoms. The van der Waals surface area contributed by atoms with Gasteiger partial charge in [0, 0.05) is 5.02 Å². The summed E-state index contributed by atoms with van der Waals surface area (Å²) in [6, 6.07) is 3.01. The van der Waals surface area contributed by atoms with Crippen LogP contribution in [0.5, 0.6) is 0 Å². The monoisotopic (exact) mass is 432 g/mol. The zero-order chi connectivity index (χ0) is 13.7. The average Bonchev–Trinajstić information content (AvgIpc) is 2.41. The number of carbonyl (C=O) groups excluding carboxylic acids is 1. The number of carbonyl (C=O) groups is 1. The van der Waals surface area contributed by atoms with E-state index in [0.717, 1.165) is 5.01 Å². The predicted octanol–water partition coefficient (Wildman–Crippen LogP) is 4.86. The second kappa shape index (κ2) is 4.94. The van der Waals surface area contributed by atoms with Crippen LogP contribution in [-0.2, 0) is 4.79 Å². The Hall–Kier alpha value is 0.190. The van der Waals surface area contributed by atoms with E-state index in [4.69, 9.17) is 34.8 Å². The molecular weight excluding hydrogens is 430 g/mol. The molecule has 0 radical (unpaired) electrons. The van der Waals surface area contributed by atoms with E-state index in [1.165, 1.54) is 12.1 Å². The van der Waals surface area contributed by atoms with Gasteiger partial charge in [-0.15, -0.1) is 0 Å². The van der Waals surface area contributed by atoms with Gasteiger partial charge in [-0.3, -0.25) is 4.79 Å². The van der Waals surface area contributed by atoms with Crippen molar-refractivity contribution in [3.63, 3.8) is 0 Å². The van der Waals surface area contributed by atoms with E-state index in [0.29, 0.717) is 16.4 Å². The highest BCUT2D eigenvalue weighted by atomic mass is 79.9. The molecule has 8 heteroatoms. The molecule has 1 aliphatic heterocycles. The Kier molecular flexibility index (Phi) is 4.01. The first-order chi connectivity index (χ1) is 8.25. The van der Waals surface area contributed by atoms with Crippen LogP contribution in [0.25, 0.3) is 0 Å². The van der Waals surface area contributed by atoms with E-state index < -0.39 is 3.23 Å². The number of amides is 1. The van der Waals surface area contributed by atoms with Crippen molar-refractivity contribution in [1.82, 2.24) is 0 Å². The molecule has 0 atom stereocenters. The third kappa shape index (κ3) is 2.31. The molecule has 0 saturated heterocycles. The van der Waals surface area contributed by atoms with E-state index >= 15 is 0 Å². The summed E-state index contributed by atoms with van der Waals surface area (Å²) in [5, 5.41) is 6.20. The smallest absolute Gasteiger partial charge is 0.269 e. The number of halogens is 5. The van der Waals surface area contributed by atoms with Crippen molar-refractivity contribution in [2.24, 2.45) is 5.10 Å². The fourth-order valence-corrected chi connectivity index (χ4v) is 2.91. The average molecular weight is 435 g/mol. The van der Waals surface area contributed by atoms with Crippen molar-refractivity contribution in [3.8, 4) is 0 Å². The highest BCUT2D eigenvalue weighted by Gasteiger charge is 2.46. The maximum absolute atomic E-state index is 12.2. The zero-order valence-electron chi connectivity index (χ0n) is 8.85. The molecule has 1 heterocycles. The summed E-state index contributed by atoms with van der Waals surface area (Å²) in [5.41, 5.74) is 0.863. The van der Waals surface area contributed by atoms with Gasteiger partial charge in [0.1, 0.15) is 5.69 Å². The fraction of sp³-hybridized carbons (Fsp3) is 0.200. The Morgan fingerprint density at radius 3 is 2.11 bits per heavy atom. The Bertz CT molecular complexity index is 551. The van der Waals surface area contributed by atoms with Crippen LogP contribution in [0.3, 0.4) is 0 Å². The van der Waals surface area contributed by atoms with E-state index in [1.54, 1.807) is 6.92 Å². The Morgan fingerprint density at radius 2 is 1.72 bits per heavy atom. The Morgan fingerprint density at radius 1 is 1.22 bits per heavy atom. The third-order valence-electron chi connectivity index (χ3n) is 2.36. The second-order valence-electron chi connectivity index (χ2n) is 3.59. The van der Waals surface area contributed by atoms with Crippen LogP contribution in [-0.4, -0.2) is 14.9 Å². The van der Waals surface area contributed by atoms with Crippen molar-refractivity contribution in [2.45, 2.75) is 10.2 Å². The number of nitrogens with zero attached hydrogens (tertiary/aromatic N) is 2. The van der Waals surface area contributed by atoms with Gasteiger partial charge in [-0.25, -0.2) is 0 Å². The summed E-state index contributed by atoms with van der Waals surface area (Å²) in [4.78, 5) is 12.2. The SMILES string of the molecule is CC1=NN(c2c(Cl)cc(Cl)cc2Cl)C(=O)C1(Br)Br. The molecule has 1 aromatic rings. The minimum atomic E-state index is -1.02. The van der Waals surface area contributed by atoms with Gasteiger partial charge in [0.05, 0.1) is 15.8 Å². The molecule has 0 aromatic heterocycles. The van der Waals surface area contributed by atoms with Gasteiger partial charge in [-0.05, 0) is 19.1 Å². The predicted molar refractivity (Wildman–Crippen MR) is 82.7 cm³/mol. The summed E-state index contributed by atoms with van der Waals surface area (Å²) in [6.07, 6.45) is 0. The van der Waals surface area contributed by atoms with Crippen LogP contribution in [0.15, 0.2) is 17.2 Å². The van der Waals surface area contributed by atoms with E-state index in [1.807, 2.05) is 0 Å². The van der Waals surface area contributed by atoms with E-state index in [2.05, 4.69) is 37.0 Å². The van der Waals surface area contributed by atoms with Crippen LogP contribution < -0.4 is 5.01 Å². The molecule has 1 amide bonds. The van der Waals surface area contributed by atoms with Crippen molar-refractivity contribution >= 4 is 84.0 Å². The number of hydrazone groups is 1. The number of hydrogen-bond acceptors (Lipinski definition) is 2. The molecule has 0 unspecified atom stereocenters. The van der Waals surface area contributed by atoms with Crippen LogP contribution in [0.1, 0.15) is 6.92 Å². The van der Waals surface area contributed by atoms with Crippen molar-refractivity contribution in [2.75, 3.05) is 5.01 Å². The van der Waals surface area contributed by atoms with E-state index in [-0.39, 0.29) is 16.0 Å².